The molecule has 7 nitrogen and oxygen atoms in total. The number of benzene rings is 1. The first kappa shape index (κ1) is 19.4. The lowest BCUT2D eigenvalue weighted by Crippen LogP contribution is -2.37. The molecular formula is C24H23N5O2. The molecule has 0 aliphatic carbocycles. The molecule has 0 unspecified atom stereocenters. The summed E-state index contributed by atoms with van der Waals surface area (Å²) in [6.07, 6.45) is 6.34. The first-order valence-corrected chi connectivity index (χ1v) is 10.5. The minimum absolute atomic E-state index is 0.00744. The Kier molecular flexibility index (Phi) is 4.94. The summed E-state index contributed by atoms with van der Waals surface area (Å²) in [5.41, 5.74) is 3.44. The van der Waals surface area contributed by atoms with Crippen molar-refractivity contribution in [2.24, 2.45) is 11.8 Å². The Labute approximate surface area is 180 Å². The molecule has 0 bridgehead atoms. The van der Waals surface area contributed by atoms with Crippen LogP contribution in [0, 0.1) is 18.8 Å². The van der Waals surface area contributed by atoms with Crippen LogP contribution in [-0.4, -0.2) is 56.4 Å². The number of hydrogen-bond donors (Lipinski definition) is 0. The van der Waals surface area contributed by atoms with E-state index in [9.17, 15) is 9.59 Å². The van der Waals surface area contributed by atoms with Crippen molar-refractivity contribution in [2.75, 3.05) is 19.6 Å². The minimum Gasteiger partial charge on any atom is -0.338 e. The smallest absolute Gasteiger partial charge is 0.255 e. The number of fused-ring (bicyclic) bond motifs is 1. The van der Waals surface area contributed by atoms with Crippen molar-refractivity contribution in [2.45, 2.75) is 13.0 Å². The monoisotopic (exact) mass is 413 g/mol. The van der Waals surface area contributed by atoms with E-state index in [1.807, 2.05) is 28.0 Å². The van der Waals surface area contributed by atoms with Crippen molar-refractivity contribution in [3.05, 3.63) is 89.5 Å². The van der Waals surface area contributed by atoms with Gasteiger partial charge in [-0.3, -0.25) is 14.6 Å². The molecule has 3 aromatic rings. The molecule has 31 heavy (non-hydrogen) atoms. The molecule has 156 valence electrons. The molecule has 0 saturated carbocycles. The third kappa shape index (κ3) is 3.46. The molecule has 3 atom stereocenters. The summed E-state index contributed by atoms with van der Waals surface area (Å²) in [5, 5.41) is 7.60. The number of aryl methyl sites for hydroxylation is 1. The number of aromatic nitrogens is 3. The Morgan fingerprint density at radius 2 is 1.71 bits per heavy atom. The van der Waals surface area contributed by atoms with Crippen LogP contribution in [-0.2, 0) is 0 Å². The lowest BCUT2D eigenvalue weighted by atomic mass is 9.87. The molecule has 2 aliphatic heterocycles. The molecular weight excluding hydrogens is 390 g/mol. The van der Waals surface area contributed by atoms with Crippen molar-refractivity contribution in [3.8, 4) is 0 Å². The number of rotatable bonds is 3. The Hall–Kier alpha value is -3.61. The molecule has 2 amide bonds. The third-order valence-electron chi connectivity index (χ3n) is 6.46. The second-order valence-electron chi connectivity index (χ2n) is 8.27. The molecule has 2 aliphatic rings. The van der Waals surface area contributed by atoms with Gasteiger partial charge in [0.1, 0.15) is 0 Å². The summed E-state index contributed by atoms with van der Waals surface area (Å²) in [4.78, 5) is 34.4. The van der Waals surface area contributed by atoms with Crippen LogP contribution in [0.25, 0.3) is 0 Å². The van der Waals surface area contributed by atoms with Gasteiger partial charge in [-0.25, -0.2) is 0 Å². The summed E-state index contributed by atoms with van der Waals surface area (Å²) in [7, 11) is 0. The molecule has 5 rings (SSSR count). The standard InChI is InChI=1S/C24H23N5O2/c1-16-5-2-3-7-20(16)22-21-15-28(23(30)18-8-10-26-27-12-18)13-19(21)14-29(22)24(31)17-6-4-9-25-11-17/h2-12,19,21-22H,13-15H2,1H3/t19-,21-,22-/m0/s1. The van der Waals surface area contributed by atoms with Gasteiger partial charge in [-0.1, -0.05) is 24.3 Å². The van der Waals surface area contributed by atoms with Crippen LogP contribution in [0.4, 0.5) is 0 Å². The van der Waals surface area contributed by atoms with Crippen LogP contribution >= 0.6 is 0 Å². The normalized spacial score (nSPS) is 22.4. The number of likely N-dealkylation sites (tertiary alicyclic amines) is 2. The zero-order chi connectivity index (χ0) is 21.4. The second kappa shape index (κ2) is 7.91. The average molecular weight is 413 g/mol. The van der Waals surface area contributed by atoms with Gasteiger partial charge in [0.15, 0.2) is 0 Å². The predicted octanol–water partition coefficient (Wildman–Crippen LogP) is 2.77. The Morgan fingerprint density at radius 1 is 0.871 bits per heavy atom. The van der Waals surface area contributed by atoms with E-state index in [0.717, 1.165) is 11.1 Å². The first-order valence-electron chi connectivity index (χ1n) is 10.5. The van der Waals surface area contributed by atoms with E-state index in [1.165, 1.54) is 12.4 Å². The topological polar surface area (TPSA) is 79.3 Å². The van der Waals surface area contributed by atoms with Crippen molar-refractivity contribution >= 4 is 11.8 Å². The Morgan fingerprint density at radius 3 is 2.45 bits per heavy atom. The molecule has 4 heterocycles. The summed E-state index contributed by atoms with van der Waals surface area (Å²) in [5.74, 6) is 0.370. The van der Waals surface area contributed by atoms with Gasteiger partial charge in [-0.15, -0.1) is 0 Å². The highest BCUT2D eigenvalue weighted by molar-refractivity contribution is 5.95. The predicted molar refractivity (Wildman–Crippen MR) is 114 cm³/mol. The average Bonchev–Trinajstić information content (AvgIpc) is 3.38. The molecule has 0 spiro atoms. The van der Waals surface area contributed by atoms with Crippen LogP contribution in [0.15, 0.2) is 67.3 Å². The number of pyridine rings is 1. The zero-order valence-corrected chi connectivity index (χ0v) is 17.3. The Bertz CT molecular complexity index is 1110. The molecule has 7 heteroatoms. The van der Waals surface area contributed by atoms with E-state index in [1.54, 1.807) is 24.5 Å². The van der Waals surface area contributed by atoms with Crippen molar-refractivity contribution in [1.29, 1.82) is 0 Å². The van der Waals surface area contributed by atoms with Crippen LogP contribution in [0.5, 0.6) is 0 Å². The second-order valence-corrected chi connectivity index (χ2v) is 8.27. The van der Waals surface area contributed by atoms with Crippen LogP contribution in [0.1, 0.15) is 37.9 Å². The van der Waals surface area contributed by atoms with E-state index in [2.05, 4.69) is 34.2 Å². The number of carbonyl (C=O) groups is 2. The van der Waals surface area contributed by atoms with Crippen molar-refractivity contribution < 1.29 is 9.59 Å². The lowest BCUT2D eigenvalue weighted by Gasteiger charge is -2.31. The van der Waals surface area contributed by atoms with Gasteiger partial charge < -0.3 is 9.80 Å². The van der Waals surface area contributed by atoms with Gasteiger partial charge in [-0.2, -0.15) is 10.2 Å². The molecule has 0 radical (unpaired) electrons. The minimum atomic E-state index is -0.0766. The maximum Gasteiger partial charge on any atom is 0.255 e. The zero-order valence-electron chi connectivity index (χ0n) is 17.3. The quantitative estimate of drug-likeness (QED) is 0.660. The summed E-state index contributed by atoms with van der Waals surface area (Å²) >= 11 is 0. The number of hydrogen-bond acceptors (Lipinski definition) is 5. The van der Waals surface area contributed by atoms with Crippen LogP contribution < -0.4 is 0 Å². The largest absolute Gasteiger partial charge is 0.338 e. The maximum absolute atomic E-state index is 13.4. The van der Waals surface area contributed by atoms with E-state index in [-0.39, 0.29) is 29.7 Å². The van der Waals surface area contributed by atoms with Crippen LogP contribution in [0.2, 0.25) is 0 Å². The fraction of sp³-hybridized carbons (Fsp3) is 0.292. The van der Waals surface area contributed by atoms with E-state index >= 15 is 0 Å². The van der Waals surface area contributed by atoms with Crippen LogP contribution in [0.3, 0.4) is 0 Å². The van der Waals surface area contributed by atoms with Gasteiger partial charge >= 0.3 is 0 Å². The summed E-state index contributed by atoms with van der Waals surface area (Å²) in [6.45, 7) is 3.94. The van der Waals surface area contributed by atoms with Gasteiger partial charge in [0.05, 0.1) is 29.6 Å². The number of nitrogens with zero attached hydrogens (tertiary/aromatic N) is 5. The van der Waals surface area contributed by atoms with Gasteiger partial charge in [0, 0.05) is 43.9 Å². The fourth-order valence-corrected chi connectivity index (χ4v) is 4.99. The highest BCUT2D eigenvalue weighted by Crippen LogP contribution is 2.46. The molecule has 0 N–H and O–H groups in total. The van der Waals surface area contributed by atoms with Gasteiger partial charge in [0.25, 0.3) is 11.8 Å². The van der Waals surface area contributed by atoms with Crippen molar-refractivity contribution in [3.63, 3.8) is 0 Å². The SMILES string of the molecule is Cc1ccccc1[C@H]1[C@H]2CN(C(=O)c3ccnnc3)C[C@H]2CN1C(=O)c1cccnc1. The lowest BCUT2D eigenvalue weighted by molar-refractivity contribution is 0.0676. The van der Waals surface area contributed by atoms with Crippen molar-refractivity contribution in [1.82, 2.24) is 25.0 Å². The van der Waals surface area contributed by atoms with E-state index in [0.29, 0.717) is 30.8 Å². The summed E-state index contributed by atoms with van der Waals surface area (Å²) < 4.78 is 0. The number of amides is 2. The Balaban J connectivity index is 1.46. The highest BCUT2D eigenvalue weighted by Gasteiger charge is 2.50. The van der Waals surface area contributed by atoms with E-state index in [4.69, 9.17) is 0 Å². The maximum atomic E-state index is 13.4. The van der Waals surface area contributed by atoms with Gasteiger partial charge in [0.2, 0.25) is 0 Å². The molecule has 2 fully saturated rings. The van der Waals surface area contributed by atoms with Gasteiger partial charge in [-0.05, 0) is 36.2 Å². The molecule has 2 aromatic heterocycles. The third-order valence-corrected chi connectivity index (χ3v) is 6.46. The molecule has 2 saturated heterocycles. The first-order chi connectivity index (χ1) is 15.1. The number of carbonyl (C=O) groups excluding carboxylic acids is 2. The highest BCUT2D eigenvalue weighted by atomic mass is 16.2. The molecule has 1 aromatic carbocycles. The van der Waals surface area contributed by atoms with E-state index < -0.39 is 0 Å². The summed E-state index contributed by atoms with van der Waals surface area (Å²) in [6, 6.07) is 13.4. The fourth-order valence-electron chi connectivity index (χ4n) is 4.99.